The summed E-state index contributed by atoms with van der Waals surface area (Å²) in [4.78, 5) is 40.6. The SMILES string of the molecule is CC(C)C[C@@]1(C)NC(=O)N(CC(=O)Nc2ccc(N3CCCCC3)cc2)C1=O. The van der Waals surface area contributed by atoms with Gasteiger partial charge in [0.05, 0.1) is 0 Å². The zero-order valence-corrected chi connectivity index (χ0v) is 17.0. The molecule has 0 bridgehead atoms. The van der Waals surface area contributed by atoms with Crippen LogP contribution in [0.3, 0.4) is 0 Å². The van der Waals surface area contributed by atoms with E-state index in [0.29, 0.717) is 12.1 Å². The van der Waals surface area contributed by atoms with Crippen molar-refractivity contribution < 1.29 is 14.4 Å². The van der Waals surface area contributed by atoms with E-state index in [1.54, 1.807) is 6.92 Å². The fourth-order valence-electron chi connectivity index (χ4n) is 4.10. The van der Waals surface area contributed by atoms with Crippen LogP contribution >= 0.6 is 0 Å². The standard InChI is InChI=1S/C21H30N4O3/c1-15(2)13-21(3)19(27)25(20(28)23-21)14-18(26)22-16-7-9-17(10-8-16)24-11-5-4-6-12-24/h7-10,15H,4-6,11-14H2,1-3H3,(H,22,26)(H,23,28)/t21-/m1/s1. The van der Waals surface area contributed by atoms with Gasteiger partial charge < -0.3 is 15.5 Å². The van der Waals surface area contributed by atoms with E-state index in [4.69, 9.17) is 0 Å². The highest BCUT2D eigenvalue weighted by molar-refractivity contribution is 6.09. The van der Waals surface area contributed by atoms with Gasteiger partial charge in [0.15, 0.2) is 0 Å². The van der Waals surface area contributed by atoms with Gasteiger partial charge in [0, 0.05) is 24.5 Å². The lowest BCUT2D eigenvalue weighted by atomic mass is 9.91. The number of imide groups is 1. The minimum atomic E-state index is -0.943. The Morgan fingerprint density at radius 3 is 2.39 bits per heavy atom. The number of carbonyl (C=O) groups excluding carboxylic acids is 3. The Bertz CT molecular complexity index is 741. The number of piperidine rings is 1. The Balaban J connectivity index is 1.58. The zero-order valence-electron chi connectivity index (χ0n) is 17.0. The molecular weight excluding hydrogens is 356 g/mol. The molecule has 0 aromatic heterocycles. The van der Waals surface area contributed by atoms with Gasteiger partial charge in [-0.3, -0.25) is 14.5 Å². The molecule has 2 aliphatic rings. The fraction of sp³-hybridized carbons (Fsp3) is 0.571. The molecule has 3 rings (SSSR count). The molecule has 2 aliphatic heterocycles. The van der Waals surface area contributed by atoms with Crippen molar-refractivity contribution in [1.82, 2.24) is 10.2 Å². The second kappa shape index (κ2) is 8.20. The van der Waals surface area contributed by atoms with Crippen LogP contribution in [0.2, 0.25) is 0 Å². The van der Waals surface area contributed by atoms with Crippen molar-refractivity contribution in [2.75, 3.05) is 29.9 Å². The first kappa shape index (κ1) is 20.2. The number of hydrogen-bond acceptors (Lipinski definition) is 4. The van der Waals surface area contributed by atoms with Gasteiger partial charge >= 0.3 is 6.03 Å². The van der Waals surface area contributed by atoms with E-state index in [2.05, 4.69) is 15.5 Å². The lowest BCUT2D eigenvalue weighted by Crippen LogP contribution is -2.45. The van der Waals surface area contributed by atoms with E-state index in [0.717, 1.165) is 23.7 Å². The molecule has 1 aromatic rings. The second-order valence-electron chi connectivity index (χ2n) is 8.39. The summed E-state index contributed by atoms with van der Waals surface area (Å²) in [6.45, 7) is 7.54. The van der Waals surface area contributed by atoms with Crippen molar-refractivity contribution in [2.45, 2.75) is 52.0 Å². The molecule has 0 aliphatic carbocycles. The van der Waals surface area contributed by atoms with Crippen molar-refractivity contribution in [1.29, 1.82) is 0 Å². The Morgan fingerprint density at radius 2 is 1.79 bits per heavy atom. The lowest BCUT2D eigenvalue weighted by Gasteiger charge is -2.28. The highest BCUT2D eigenvalue weighted by Crippen LogP contribution is 2.25. The summed E-state index contributed by atoms with van der Waals surface area (Å²) in [6.07, 6.45) is 4.23. The summed E-state index contributed by atoms with van der Waals surface area (Å²) in [5.41, 5.74) is 0.862. The lowest BCUT2D eigenvalue weighted by molar-refractivity contribution is -0.133. The maximum absolute atomic E-state index is 12.6. The predicted molar refractivity (Wildman–Crippen MR) is 109 cm³/mol. The van der Waals surface area contributed by atoms with Crippen LogP contribution in [0.5, 0.6) is 0 Å². The van der Waals surface area contributed by atoms with Crippen molar-refractivity contribution in [2.24, 2.45) is 5.92 Å². The molecule has 2 saturated heterocycles. The summed E-state index contributed by atoms with van der Waals surface area (Å²) in [5, 5.41) is 5.50. The van der Waals surface area contributed by atoms with Gasteiger partial charge in [0.1, 0.15) is 12.1 Å². The number of carbonyl (C=O) groups is 3. The maximum atomic E-state index is 12.6. The Morgan fingerprint density at radius 1 is 1.14 bits per heavy atom. The maximum Gasteiger partial charge on any atom is 0.325 e. The molecule has 2 fully saturated rings. The van der Waals surface area contributed by atoms with Crippen LogP contribution in [0.25, 0.3) is 0 Å². The molecule has 152 valence electrons. The Kier molecular flexibility index (Phi) is 5.91. The molecule has 0 unspecified atom stereocenters. The third-order valence-corrected chi connectivity index (χ3v) is 5.34. The van der Waals surface area contributed by atoms with Crippen LogP contribution in [0.15, 0.2) is 24.3 Å². The van der Waals surface area contributed by atoms with E-state index in [1.165, 1.54) is 19.3 Å². The van der Waals surface area contributed by atoms with Crippen LogP contribution in [0.4, 0.5) is 16.2 Å². The number of amides is 4. The molecule has 7 heteroatoms. The average Bonchev–Trinajstić information content (AvgIpc) is 2.85. The van der Waals surface area contributed by atoms with Crippen molar-refractivity contribution in [3.63, 3.8) is 0 Å². The summed E-state index contributed by atoms with van der Waals surface area (Å²) in [7, 11) is 0. The highest BCUT2D eigenvalue weighted by atomic mass is 16.2. The molecular formula is C21H30N4O3. The molecule has 2 heterocycles. The van der Waals surface area contributed by atoms with E-state index < -0.39 is 11.6 Å². The summed E-state index contributed by atoms with van der Waals surface area (Å²) >= 11 is 0. The molecule has 0 saturated carbocycles. The topological polar surface area (TPSA) is 81.8 Å². The van der Waals surface area contributed by atoms with E-state index >= 15 is 0 Å². The molecule has 4 amide bonds. The number of anilines is 2. The summed E-state index contributed by atoms with van der Waals surface area (Å²) in [6, 6.07) is 7.19. The number of hydrogen-bond donors (Lipinski definition) is 2. The molecule has 0 spiro atoms. The smallest absolute Gasteiger partial charge is 0.325 e. The van der Waals surface area contributed by atoms with Crippen molar-refractivity contribution >= 4 is 29.2 Å². The van der Waals surface area contributed by atoms with Crippen molar-refractivity contribution in [3.05, 3.63) is 24.3 Å². The van der Waals surface area contributed by atoms with Gasteiger partial charge in [-0.1, -0.05) is 13.8 Å². The summed E-state index contributed by atoms with van der Waals surface area (Å²) in [5.74, 6) is -0.480. The highest BCUT2D eigenvalue weighted by Gasteiger charge is 2.48. The summed E-state index contributed by atoms with van der Waals surface area (Å²) < 4.78 is 0. The molecule has 7 nitrogen and oxygen atoms in total. The Labute approximate surface area is 166 Å². The Hall–Kier alpha value is -2.57. The molecule has 1 atom stereocenters. The van der Waals surface area contributed by atoms with Crippen LogP contribution in [0, 0.1) is 5.92 Å². The molecule has 0 radical (unpaired) electrons. The van der Waals surface area contributed by atoms with Gasteiger partial charge in [-0.15, -0.1) is 0 Å². The van der Waals surface area contributed by atoms with Crippen LogP contribution in [-0.2, 0) is 9.59 Å². The van der Waals surface area contributed by atoms with Gasteiger partial charge in [-0.25, -0.2) is 4.79 Å². The van der Waals surface area contributed by atoms with Crippen LogP contribution < -0.4 is 15.5 Å². The first-order valence-electron chi connectivity index (χ1n) is 10.1. The first-order valence-corrected chi connectivity index (χ1v) is 10.1. The van der Waals surface area contributed by atoms with Crippen LogP contribution in [0.1, 0.15) is 46.5 Å². The number of benzene rings is 1. The minimum absolute atomic E-state index is 0.251. The molecule has 1 aromatic carbocycles. The van der Waals surface area contributed by atoms with E-state index in [9.17, 15) is 14.4 Å². The third-order valence-electron chi connectivity index (χ3n) is 5.34. The minimum Gasteiger partial charge on any atom is -0.372 e. The number of nitrogens with one attached hydrogen (secondary N) is 2. The molecule has 2 N–H and O–H groups in total. The van der Waals surface area contributed by atoms with Gasteiger partial charge in [-0.05, 0) is 62.8 Å². The zero-order chi connectivity index (χ0) is 20.3. The predicted octanol–water partition coefficient (Wildman–Crippen LogP) is 2.97. The molecule has 28 heavy (non-hydrogen) atoms. The second-order valence-corrected chi connectivity index (χ2v) is 8.39. The van der Waals surface area contributed by atoms with E-state index in [-0.39, 0.29) is 24.3 Å². The van der Waals surface area contributed by atoms with E-state index in [1.807, 2.05) is 38.1 Å². The monoisotopic (exact) mass is 386 g/mol. The number of rotatable bonds is 6. The quantitative estimate of drug-likeness (QED) is 0.737. The fourth-order valence-corrected chi connectivity index (χ4v) is 4.10. The van der Waals surface area contributed by atoms with Gasteiger partial charge in [0.2, 0.25) is 5.91 Å². The third kappa shape index (κ3) is 4.46. The number of nitrogens with zero attached hydrogens (tertiary/aromatic N) is 2. The number of urea groups is 1. The first-order chi connectivity index (χ1) is 13.3. The largest absolute Gasteiger partial charge is 0.372 e. The van der Waals surface area contributed by atoms with Gasteiger partial charge in [0.25, 0.3) is 5.91 Å². The van der Waals surface area contributed by atoms with Crippen LogP contribution in [-0.4, -0.2) is 47.9 Å². The van der Waals surface area contributed by atoms with Gasteiger partial charge in [-0.2, -0.15) is 0 Å². The van der Waals surface area contributed by atoms with Crippen molar-refractivity contribution in [3.8, 4) is 0 Å². The normalized spacial score (nSPS) is 22.6. The average molecular weight is 386 g/mol.